The smallest absolute Gasteiger partial charge is 0.169 e. The molecule has 3 nitrogen and oxygen atoms in total. The lowest BCUT2D eigenvalue weighted by atomic mass is 10.0. The van der Waals surface area contributed by atoms with Crippen molar-refractivity contribution in [3.05, 3.63) is 23.8 Å². The number of hydrogen-bond donors (Lipinski definition) is 2. The fraction of sp³-hybridized carbons (Fsp3) is 0.364. The normalized spacial score (nSPS) is 24.6. The van der Waals surface area contributed by atoms with Crippen LogP contribution in [0, 0.1) is 11.8 Å². The molecule has 1 aromatic rings. The van der Waals surface area contributed by atoms with Gasteiger partial charge in [-0.25, -0.2) is 0 Å². The first-order chi connectivity index (χ1) is 6.59. The number of hydrogen-bond acceptors (Lipinski definition) is 3. The van der Waals surface area contributed by atoms with Gasteiger partial charge in [0, 0.05) is 12.0 Å². The molecule has 0 saturated heterocycles. The highest BCUT2D eigenvalue weighted by atomic mass is 16.3. The Morgan fingerprint density at radius 3 is 2.57 bits per heavy atom. The third-order valence-electron chi connectivity index (χ3n) is 2.69. The summed E-state index contributed by atoms with van der Waals surface area (Å²) in [5.41, 5.74) is 0.317. The van der Waals surface area contributed by atoms with Crippen molar-refractivity contribution in [2.75, 3.05) is 0 Å². The van der Waals surface area contributed by atoms with E-state index in [4.69, 9.17) is 5.11 Å². The minimum absolute atomic E-state index is 0.0185. The van der Waals surface area contributed by atoms with E-state index in [2.05, 4.69) is 0 Å². The van der Waals surface area contributed by atoms with Gasteiger partial charge in [-0.3, -0.25) is 4.79 Å². The Morgan fingerprint density at radius 1 is 1.43 bits per heavy atom. The predicted octanol–water partition coefficient (Wildman–Crippen LogP) is 1.94. The molecule has 0 bridgehead atoms. The minimum atomic E-state index is -0.130. The summed E-state index contributed by atoms with van der Waals surface area (Å²) >= 11 is 0. The van der Waals surface area contributed by atoms with Crippen LogP contribution in [0.25, 0.3) is 0 Å². The van der Waals surface area contributed by atoms with Crippen molar-refractivity contribution < 1.29 is 15.0 Å². The molecule has 0 heterocycles. The van der Waals surface area contributed by atoms with Crippen molar-refractivity contribution in [2.24, 2.45) is 11.8 Å². The molecule has 0 aliphatic heterocycles. The molecule has 1 unspecified atom stereocenters. The number of aromatic hydroxyl groups is 2. The van der Waals surface area contributed by atoms with Gasteiger partial charge in [-0.2, -0.15) is 0 Å². The van der Waals surface area contributed by atoms with Crippen LogP contribution in [0.3, 0.4) is 0 Å². The molecule has 1 aromatic carbocycles. The first kappa shape index (κ1) is 9.06. The van der Waals surface area contributed by atoms with E-state index < -0.39 is 0 Å². The standard InChI is InChI=1S/C11H12O3/c1-6-4-9(6)11(14)8-3-2-7(12)5-10(8)13/h2-3,5-6,9,12-13H,4H2,1H3/t6?,9-/m0/s1. The van der Waals surface area contributed by atoms with Crippen molar-refractivity contribution >= 4 is 5.78 Å². The van der Waals surface area contributed by atoms with Gasteiger partial charge < -0.3 is 10.2 Å². The Balaban J connectivity index is 2.28. The largest absolute Gasteiger partial charge is 0.508 e. The van der Waals surface area contributed by atoms with E-state index in [0.717, 1.165) is 6.42 Å². The second-order valence-corrected chi connectivity index (χ2v) is 3.89. The molecule has 2 N–H and O–H groups in total. The Hall–Kier alpha value is -1.51. The average molecular weight is 192 g/mol. The Labute approximate surface area is 82.0 Å². The molecule has 3 heteroatoms. The summed E-state index contributed by atoms with van der Waals surface area (Å²) in [5.74, 6) is 0.313. The highest BCUT2D eigenvalue weighted by Crippen LogP contribution is 2.41. The first-order valence-corrected chi connectivity index (χ1v) is 4.66. The second-order valence-electron chi connectivity index (χ2n) is 3.89. The zero-order valence-electron chi connectivity index (χ0n) is 7.90. The number of ketones is 1. The molecule has 74 valence electrons. The van der Waals surface area contributed by atoms with Gasteiger partial charge in [0.2, 0.25) is 0 Å². The maximum atomic E-state index is 11.7. The van der Waals surface area contributed by atoms with E-state index in [-0.39, 0.29) is 23.2 Å². The van der Waals surface area contributed by atoms with Crippen molar-refractivity contribution in [2.45, 2.75) is 13.3 Å². The second kappa shape index (κ2) is 3.01. The topological polar surface area (TPSA) is 57.5 Å². The molecule has 0 aromatic heterocycles. The summed E-state index contributed by atoms with van der Waals surface area (Å²) in [6.45, 7) is 2.01. The Kier molecular flexibility index (Phi) is 1.95. The van der Waals surface area contributed by atoms with Crippen LogP contribution >= 0.6 is 0 Å². The molecule has 2 rings (SSSR count). The third-order valence-corrected chi connectivity index (χ3v) is 2.69. The number of carbonyl (C=O) groups is 1. The molecule has 1 aliphatic carbocycles. The van der Waals surface area contributed by atoms with Crippen molar-refractivity contribution in [1.82, 2.24) is 0 Å². The van der Waals surface area contributed by atoms with Crippen LogP contribution in [0.4, 0.5) is 0 Å². The van der Waals surface area contributed by atoms with Gasteiger partial charge in [0.25, 0.3) is 0 Å². The predicted molar refractivity (Wildman–Crippen MR) is 51.4 cm³/mol. The molecule has 1 saturated carbocycles. The SMILES string of the molecule is CC1C[C@@H]1C(=O)c1ccc(O)cc1O. The van der Waals surface area contributed by atoms with E-state index >= 15 is 0 Å². The number of rotatable bonds is 2. The molecule has 1 aliphatic rings. The van der Waals surface area contributed by atoms with E-state index in [0.29, 0.717) is 11.5 Å². The Bertz CT molecular complexity index is 384. The summed E-state index contributed by atoms with van der Waals surface area (Å²) in [7, 11) is 0. The molecule has 0 amide bonds. The van der Waals surface area contributed by atoms with Gasteiger partial charge >= 0.3 is 0 Å². The highest BCUT2D eigenvalue weighted by Gasteiger charge is 2.40. The van der Waals surface area contributed by atoms with Crippen LogP contribution in [-0.4, -0.2) is 16.0 Å². The van der Waals surface area contributed by atoms with Gasteiger partial charge in [-0.1, -0.05) is 6.92 Å². The van der Waals surface area contributed by atoms with E-state index in [9.17, 15) is 9.90 Å². The fourth-order valence-corrected chi connectivity index (χ4v) is 1.62. The molecular weight excluding hydrogens is 180 g/mol. The van der Waals surface area contributed by atoms with Gasteiger partial charge in [0.05, 0.1) is 5.56 Å². The van der Waals surface area contributed by atoms with Crippen LogP contribution < -0.4 is 0 Å². The number of phenols is 2. The van der Waals surface area contributed by atoms with Gasteiger partial charge in [-0.05, 0) is 24.5 Å². The summed E-state index contributed by atoms with van der Waals surface area (Å²) in [5, 5.41) is 18.5. The molecule has 14 heavy (non-hydrogen) atoms. The van der Waals surface area contributed by atoms with Gasteiger partial charge in [0.15, 0.2) is 5.78 Å². The number of carbonyl (C=O) groups excluding carboxylic acids is 1. The lowest BCUT2D eigenvalue weighted by Gasteiger charge is -2.02. The number of benzene rings is 1. The van der Waals surface area contributed by atoms with Crippen molar-refractivity contribution in [3.8, 4) is 11.5 Å². The van der Waals surface area contributed by atoms with Crippen LogP contribution in [0.15, 0.2) is 18.2 Å². The average Bonchev–Trinajstić information content (AvgIpc) is 2.81. The van der Waals surface area contributed by atoms with Crippen molar-refractivity contribution in [1.29, 1.82) is 0 Å². The third kappa shape index (κ3) is 1.45. The van der Waals surface area contributed by atoms with Gasteiger partial charge in [-0.15, -0.1) is 0 Å². The van der Waals surface area contributed by atoms with Crippen LogP contribution in [0.5, 0.6) is 11.5 Å². The number of phenolic OH excluding ortho intramolecular Hbond substituents is 2. The summed E-state index contributed by atoms with van der Waals surface area (Å²) in [6.07, 6.45) is 0.902. The Morgan fingerprint density at radius 2 is 2.07 bits per heavy atom. The molecular formula is C11H12O3. The van der Waals surface area contributed by atoms with Crippen LogP contribution in [-0.2, 0) is 0 Å². The summed E-state index contributed by atoms with van der Waals surface area (Å²) in [6, 6.07) is 4.08. The maximum absolute atomic E-state index is 11.7. The monoisotopic (exact) mass is 192 g/mol. The lowest BCUT2D eigenvalue weighted by Crippen LogP contribution is -2.02. The lowest BCUT2D eigenvalue weighted by molar-refractivity contribution is 0.0959. The molecule has 1 fully saturated rings. The highest BCUT2D eigenvalue weighted by molar-refractivity contribution is 6.01. The van der Waals surface area contributed by atoms with E-state index in [1.165, 1.54) is 18.2 Å². The van der Waals surface area contributed by atoms with E-state index in [1.54, 1.807) is 0 Å². The van der Waals surface area contributed by atoms with Crippen molar-refractivity contribution in [3.63, 3.8) is 0 Å². The maximum Gasteiger partial charge on any atom is 0.169 e. The molecule has 0 radical (unpaired) electrons. The number of Topliss-reactive ketones (excluding diaryl/α,β-unsaturated/α-hetero) is 1. The first-order valence-electron chi connectivity index (χ1n) is 4.66. The molecule has 0 spiro atoms. The van der Waals surface area contributed by atoms with Crippen LogP contribution in [0.1, 0.15) is 23.7 Å². The van der Waals surface area contributed by atoms with Crippen LogP contribution in [0.2, 0.25) is 0 Å². The minimum Gasteiger partial charge on any atom is -0.508 e. The summed E-state index contributed by atoms with van der Waals surface area (Å²) in [4.78, 5) is 11.7. The zero-order valence-corrected chi connectivity index (χ0v) is 7.90. The zero-order chi connectivity index (χ0) is 10.3. The quantitative estimate of drug-likeness (QED) is 0.704. The van der Waals surface area contributed by atoms with E-state index in [1.807, 2.05) is 6.92 Å². The molecule has 2 atom stereocenters. The van der Waals surface area contributed by atoms with Gasteiger partial charge in [0.1, 0.15) is 11.5 Å². The summed E-state index contributed by atoms with van der Waals surface area (Å²) < 4.78 is 0. The fourth-order valence-electron chi connectivity index (χ4n) is 1.62.